The van der Waals surface area contributed by atoms with Gasteiger partial charge in [0.15, 0.2) is 0 Å². The van der Waals surface area contributed by atoms with Gasteiger partial charge in [-0.25, -0.2) is 0 Å². The van der Waals surface area contributed by atoms with Crippen molar-refractivity contribution in [3.05, 3.63) is 33.9 Å². The van der Waals surface area contributed by atoms with Crippen molar-refractivity contribution < 1.29 is 19.6 Å². The molecule has 0 radical (unpaired) electrons. The quantitative estimate of drug-likeness (QED) is 0.633. The number of nitro groups is 1. The Morgan fingerprint density at radius 2 is 2.11 bits per heavy atom. The maximum Gasteiger partial charge on any atom is 0.307 e. The van der Waals surface area contributed by atoms with Gasteiger partial charge in [-0.1, -0.05) is 6.07 Å². The predicted molar refractivity (Wildman–Crippen MR) is 65.7 cm³/mol. The van der Waals surface area contributed by atoms with E-state index in [1.54, 1.807) is 6.92 Å². The van der Waals surface area contributed by atoms with Crippen LogP contribution in [0.15, 0.2) is 18.2 Å². The minimum atomic E-state index is -0.990. The number of carboxylic acid groups (broad SMARTS) is 1. The van der Waals surface area contributed by atoms with Gasteiger partial charge in [0, 0.05) is 12.1 Å². The zero-order valence-corrected chi connectivity index (χ0v) is 10.1. The summed E-state index contributed by atoms with van der Waals surface area (Å²) in [5.41, 5.74) is 0.910. The Morgan fingerprint density at radius 3 is 2.63 bits per heavy atom. The van der Waals surface area contributed by atoms with Crippen LogP contribution in [0.1, 0.15) is 12.0 Å². The molecule has 2 N–H and O–H groups in total. The van der Waals surface area contributed by atoms with Crippen molar-refractivity contribution in [3.63, 3.8) is 0 Å². The van der Waals surface area contributed by atoms with Crippen LogP contribution in [0.5, 0.6) is 0 Å². The van der Waals surface area contributed by atoms with Gasteiger partial charge >= 0.3 is 5.97 Å². The first kappa shape index (κ1) is 13.0. The molecule has 0 heterocycles. The Balaban J connectivity index is 2.11. The minimum Gasteiger partial charge on any atom is -0.481 e. The van der Waals surface area contributed by atoms with Gasteiger partial charge in [0.05, 0.1) is 22.4 Å². The number of nitrogens with zero attached hydrogens (tertiary/aromatic N) is 1. The van der Waals surface area contributed by atoms with E-state index in [1.807, 2.05) is 0 Å². The largest absolute Gasteiger partial charge is 0.481 e. The van der Waals surface area contributed by atoms with Crippen LogP contribution < -0.4 is 5.32 Å². The number of carbonyl (C=O) groups excluding carboxylic acids is 1. The summed E-state index contributed by atoms with van der Waals surface area (Å²) in [5, 5.41) is 21.9. The number of hydrogen-bond donors (Lipinski definition) is 2. The molecule has 0 spiro atoms. The molecule has 0 saturated heterocycles. The standard InChI is InChI=1S/C12H12N2O5/c1-6-2-3-7(14(18)19)4-10(6)13-11(15)8-5-9(8)12(16)17/h2-4,8-9H,5H2,1H3,(H,13,15)(H,16,17)/t8-,9+/m1/s1. The molecule has 7 nitrogen and oxygen atoms in total. The monoisotopic (exact) mass is 264 g/mol. The van der Waals surface area contributed by atoms with Gasteiger partial charge in [0.25, 0.3) is 5.69 Å². The molecule has 1 fully saturated rings. The van der Waals surface area contributed by atoms with Crippen LogP contribution in [0.3, 0.4) is 0 Å². The molecule has 1 aromatic carbocycles. The fourth-order valence-electron chi connectivity index (χ4n) is 1.84. The summed E-state index contributed by atoms with van der Waals surface area (Å²) in [6, 6.07) is 4.16. The number of rotatable bonds is 4. The molecular formula is C12H12N2O5. The van der Waals surface area contributed by atoms with Crippen LogP contribution in [0.4, 0.5) is 11.4 Å². The molecule has 1 saturated carbocycles. The Hall–Kier alpha value is -2.44. The number of hydrogen-bond acceptors (Lipinski definition) is 4. The topological polar surface area (TPSA) is 110 Å². The van der Waals surface area contributed by atoms with Crippen molar-refractivity contribution in [2.45, 2.75) is 13.3 Å². The first-order valence-electron chi connectivity index (χ1n) is 5.69. The summed E-state index contributed by atoms with van der Waals surface area (Å²) < 4.78 is 0. The molecule has 19 heavy (non-hydrogen) atoms. The molecule has 2 rings (SSSR count). The Bertz CT molecular complexity index is 569. The molecule has 100 valence electrons. The van der Waals surface area contributed by atoms with Crippen LogP contribution in [-0.4, -0.2) is 21.9 Å². The number of aryl methyl sites for hydroxylation is 1. The Kier molecular flexibility index (Phi) is 3.20. The molecule has 7 heteroatoms. The molecule has 1 aliphatic rings. The van der Waals surface area contributed by atoms with Crippen molar-refractivity contribution in [3.8, 4) is 0 Å². The summed E-state index contributed by atoms with van der Waals surface area (Å²) >= 11 is 0. The maximum atomic E-state index is 11.8. The van der Waals surface area contributed by atoms with E-state index in [-0.39, 0.29) is 5.69 Å². The van der Waals surface area contributed by atoms with E-state index in [4.69, 9.17) is 5.11 Å². The highest BCUT2D eigenvalue weighted by molar-refractivity contribution is 5.98. The van der Waals surface area contributed by atoms with Gasteiger partial charge in [-0.3, -0.25) is 19.7 Å². The van der Waals surface area contributed by atoms with Gasteiger partial charge in [-0.15, -0.1) is 0 Å². The summed E-state index contributed by atoms with van der Waals surface area (Å²) in [5.74, 6) is -2.58. The average Bonchev–Trinajstić information content (AvgIpc) is 3.11. The highest BCUT2D eigenvalue weighted by Gasteiger charge is 2.48. The van der Waals surface area contributed by atoms with Crippen molar-refractivity contribution in [2.24, 2.45) is 11.8 Å². The van der Waals surface area contributed by atoms with Crippen LogP contribution in [0, 0.1) is 28.9 Å². The van der Waals surface area contributed by atoms with Gasteiger partial charge < -0.3 is 10.4 Å². The van der Waals surface area contributed by atoms with Crippen LogP contribution in [-0.2, 0) is 9.59 Å². The molecule has 2 atom stereocenters. The number of amides is 1. The second-order valence-corrected chi connectivity index (χ2v) is 4.53. The highest BCUT2D eigenvalue weighted by atomic mass is 16.6. The number of anilines is 1. The second-order valence-electron chi connectivity index (χ2n) is 4.53. The predicted octanol–water partition coefficient (Wildman–Crippen LogP) is 1.56. The molecule has 0 unspecified atom stereocenters. The van der Waals surface area contributed by atoms with Gasteiger partial charge in [-0.2, -0.15) is 0 Å². The highest BCUT2D eigenvalue weighted by Crippen LogP contribution is 2.39. The van der Waals surface area contributed by atoms with Crippen molar-refractivity contribution >= 4 is 23.3 Å². The van der Waals surface area contributed by atoms with E-state index in [1.165, 1.54) is 18.2 Å². The zero-order valence-electron chi connectivity index (χ0n) is 10.1. The average molecular weight is 264 g/mol. The first-order chi connectivity index (χ1) is 8.90. The number of non-ortho nitro benzene ring substituents is 1. The third-order valence-electron chi connectivity index (χ3n) is 3.13. The molecule has 1 aliphatic carbocycles. The van der Waals surface area contributed by atoms with Crippen molar-refractivity contribution in [1.82, 2.24) is 0 Å². The summed E-state index contributed by atoms with van der Waals surface area (Å²) in [7, 11) is 0. The normalized spacial score (nSPS) is 20.7. The maximum absolute atomic E-state index is 11.8. The SMILES string of the molecule is Cc1ccc([N+](=O)[O-])cc1NC(=O)[C@@H]1C[C@@H]1C(=O)O. The third kappa shape index (κ3) is 2.70. The number of aliphatic carboxylic acids is 1. The molecule has 0 aliphatic heterocycles. The van der Waals surface area contributed by atoms with E-state index in [9.17, 15) is 19.7 Å². The first-order valence-corrected chi connectivity index (χ1v) is 5.69. The second kappa shape index (κ2) is 4.68. The number of carbonyl (C=O) groups is 2. The lowest BCUT2D eigenvalue weighted by atomic mass is 10.1. The zero-order chi connectivity index (χ0) is 14.2. The molecular weight excluding hydrogens is 252 g/mol. The lowest BCUT2D eigenvalue weighted by Crippen LogP contribution is -2.17. The number of carboxylic acids is 1. The summed E-state index contributed by atoms with van der Waals surface area (Å²) in [4.78, 5) is 32.6. The Morgan fingerprint density at radius 1 is 1.42 bits per heavy atom. The fourth-order valence-corrected chi connectivity index (χ4v) is 1.84. The summed E-state index contributed by atoms with van der Waals surface area (Å²) in [6.07, 6.45) is 0.315. The van der Waals surface area contributed by atoms with Gasteiger partial charge in [0.1, 0.15) is 0 Å². The van der Waals surface area contributed by atoms with Crippen molar-refractivity contribution in [1.29, 1.82) is 0 Å². The molecule has 1 amide bonds. The van der Waals surface area contributed by atoms with Gasteiger partial charge in [0.2, 0.25) is 5.91 Å². The lowest BCUT2D eigenvalue weighted by molar-refractivity contribution is -0.384. The molecule has 0 bridgehead atoms. The van der Waals surface area contributed by atoms with E-state index in [0.717, 1.165) is 0 Å². The Labute approximate surface area is 108 Å². The number of nitro benzene ring substituents is 1. The fraction of sp³-hybridized carbons (Fsp3) is 0.333. The minimum absolute atomic E-state index is 0.119. The number of nitrogens with one attached hydrogen (secondary N) is 1. The van der Waals surface area contributed by atoms with Gasteiger partial charge in [-0.05, 0) is 18.9 Å². The van der Waals surface area contributed by atoms with E-state index in [2.05, 4.69) is 5.32 Å². The van der Waals surface area contributed by atoms with Crippen molar-refractivity contribution in [2.75, 3.05) is 5.32 Å². The van der Waals surface area contributed by atoms with Crippen LogP contribution in [0.25, 0.3) is 0 Å². The summed E-state index contributed by atoms with van der Waals surface area (Å²) in [6.45, 7) is 1.71. The molecule has 1 aromatic rings. The number of benzene rings is 1. The lowest BCUT2D eigenvalue weighted by Gasteiger charge is -2.07. The molecule has 0 aromatic heterocycles. The van der Waals surface area contributed by atoms with Crippen LogP contribution >= 0.6 is 0 Å². The van der Waals surface area contributed by atoms with E-state index in [0.29, 0.717) is 17.7 Å². The van der Waals surface area contributed by atoms with E-state index >= 15 is 0 Å². The van der Waals surface area contributed by atoms with E-state index < -0.39 is 28.6 Å². The smallest absolute Gasteiger partial charge is 0.307 e. The van der Waals surface area contributed by atoms with Crippen LogP contribution in [0.2, 0.25) is 0 Å². The third-order valence-corrected chi connectivity index (χ3v) is 3.13.